The highest BCUT2D eigenvalue weighted by molar-refractivity contribution is 6.21. The second kappa shape index (κ2) is 4.75. The molecule has 0 aromatic heterocycles. The average molecular weight is 262 g/mol. The molecule has 0 saturated carbocycles. The van der Waals surface area contributed by atoms with E-state index in [2.05, 4.69) is 5.32 Å². The van der Waals surface area contributed by atoms with Crippen LogP contribution >= 0.6 is 0 Å². The van der Waals surface area contributed by atoms with Crippen LogP contribution in [0.25, 0.3) is 0 Å². The zero-order valence-corrected chi connectivity index (χ0v) is 11.4. The first-order chi connectivity index (χ1) is 8.84. The molecule has 5 nitrogen and oxygen atoms in total. The molecule has 1 aliphatic heterocycles. The number of anilines is 1. The lowest BCUT2D eigenvalue weighted by molar-refractivity contribution is -0.136. The molecule has 0 atom stereocenters. The Balaban J connectivity index is 2.37. The largest absolute Gasteiger partial charge is 0.381 e. The maximum Gasteiger partial charge on any atom is 0.265 e. The zero-order valence-electron chi connectivity index (χ0n) is 11.4. The van der Waals surface area contributed by atoms with Gasteiger partial charge in [-0.1, -0.05) is 12.1 Å². The second-order valence-corrected chi connectivity index (χ2v) is 5.26. The number of carbonyl (C=O) groups is 2. The summed E-state index contributed by atoms with van der Waals surface area (Å²) in [6, 6.07) is 5.55. The summed E-state index contributed by atoms with van der Waals surface area (Å²) in [7, 11) is 1.85. The van der Waals surface area contributed by atoms with E-state index >= 15 is 0 Å². The van der Waals surface area contributed by atoms with Crippen molar-refractivity contribution in [2.75, 3.05) is 11.9 Å². The minimum Gasteiger partial charge on any atom is -0.381 e. The normalized spacial score (nSPS) is 14.7. The Bertz CT molecular complexity index is 532. The number of rotatable bonds is 3. The van der Waals surface area contributed by atoms with Gasteiger partial charge in [-0.05, 0) is 38.1 Å². The molecule has 2 amide bonds. The molecule has 1 aromatic carbocycles. The van der Waals surface area contributed by atoms with Crippen LogP contribution in [0.15, 0.2) is 18.2 Å². The van der Waals surface area contributed by atoms with Gasteiger partial charge in [-0.25, -0.2) is 4.90 Å². The first-order valence-electron chi connectivity index (χ1n) is 6.20. The van der Waals surface area contributed by atoms with Crippen LogP contribution in [-0.2, 0) is 22.6 Å². The summed E-state index contributed by atoms with van der Waals surface area (Å²) in [5.41, 5.74) is 0.917. The third-order valence-corrected chi connectivity index (χ3v) is 3.08. The number of benzene rings is 1. The molecule has 0 unspecified atom stereocenters. The number of nitrogens with one attached hydrogen (secondary N) is 1. The first-order valence-corrected chi connectivity index (χ1v) is 6.20. The van der Waals surface area contributed by atoms with Crippen LogP contribution in [0.1, 0.15) is 25.0 Å². The number of carbonyl (C=O) groups excluding carboxylic acids is 2. The summed E-state index contributed by atoms with van der Waals surface area (Å²) in [6.07, 6.45) is 0.203. The molecule has 0 spiro atoms. The van der Waals surface area contributed by atoms with Crippen molar-refractivity contribution >= 4 is 17.5 Å². The maximum atomic E-state index is 12.1. The number of aliphatic hydroxyl groups is 1. The van der Waals surface area contributed by atoms with Gasteiger partial charge < -0.3 is 10.4 Å². The number of fused-ring (bicyclic) bond motifs is 1. The standard InChI is InChI=1S/C14H18N2O3/c1-14(2,19)13(18)16-11-5-4-9(8-15-3)6-10(11)7-12(16)17/h4-6,15,19H,7-8H2,1-3H3. The lowest BCUT2D eigenvalue weighted by Crippen LogP contribution is -2.46. The van der Waals surface area contributed by atoms with Gasteiger partial charge in [-0.15, -0.1) is 0 Å². The van der Waals surface area contributed by atoms with Crippen LogP contribution in [0.2, 0.25) is 0 Å². The van der Waals surface area contributed by atoms with E-state index in [9.17, 15) is 14.7 Å². The first kappa shape index (κ1) is 13.7. The van der Waals surface area contributed by atoms with Crippen molar-refractivity contribution < 1.29 is 14.7 Å². The molecule has 19 heavy (non-hydrogen) atoms. The van der Waals surface area contributed by atoms with Gasteiger partial charge in [0.1, 0.15) is 5.60 Å². The van der Waals surface area contributed by atoms with Gasteiger partial charge >= 0.3 is 0 Å². The summed E-state index contributed by atoms with van der Waals surface area (Å²) in [5.74, 6) is -0.874. The molecular weight excluding hydrogens is 244 g/mol. The fourth-order valence-corrected chi connectivity index (χ4v) is 2.19. The van der Waals surface area contributed by atoms with Crippen molar-refractivity contribution in [2.45, 2.75) is 32.4 Å². The minimum absolute atomic E-state index is 0.203. The van der Waals surface area contributed by atoms with Crippen LogP contribution < -0.4 is 10.2 Å². The Hall–Kier alpha value is -1.72. The van der Waals surface area contributed by atoms with E-state index in [1.165, 1.54) is 13.8 Å². The van der Waals surface area contributed by atoms with Crippen LogP contribution in [0.3, 0.4) is 0 Å². The topological polar surface area (TPSA) is 69.6 Å². The van der Waals surface area contributed by atoms with Gasteiger partial charge in [0.25, 0.3) is 5.91 Å². The van der Waals surface area contributed by atoms with E-state index < -0.39 is 11.5 Å². The molecule has 2 rings (SSSR count). The highest BCUT2D eigenvalue weighted by Crippen LogP contribution is 2.31. The number of hydrogen-bond acceptors (Lipinski definition) is 4. The van der Waals surface area contributed by atoms with E-state index in [0.717, 1.165) is 16.0 Å². The van der Waals surface area contributed by atoms with Gasteiger partial charge in [0.2, 0.25) is 5.91 Å². The SMILES string of the molecule is CNCc1ccc2c(c1)CC(=O)N2C(=O)C(C)(C)O. The quantitative estimate of drug-likeness (QED) is 0.836. The molecule has 0 saturated heterocycles. The number of hydrogen-bond donors (Lipinski definition) is 2. The van der Waals surface area contributed by atoms with Crippen molar-refractivity contribution in [1.29, 1.82) is 0 Å². The summed E-state index contributed by atoms with van der Waals surface area (Å²) in [4.78, 5) is 25.1. The number of imide groups is 1. The Kier molecular flexibility index (Phi) is 3.43. The van der Waals surface area contributed by atoms with Crippen LogP contribution in [0, 0.1) is 0 Å². The van der Waals surface area contributed by atoms with E-state index in [4.69, 9.17) is 0 Å². The molecule has 0 bridgehead atoms. The van der Waals surface area contributed by atoms with E-state index in [0.29, 0.717) is 12.2 Å². The van der Waals surface area contributed by atoms with Gasteiger partial charge in [-0.2, -0.15) is 0 Å². The van der Waals surface area contributed by atoms with Crippen LogP contribution in [0.5, 0.6) is 0 Å². The molecule has 0 aliphatic carbocycles. The summed E-state index contributed by atoms with van der Waals surface area (Å²) in [6.45, 7) is 3.48. The highest BCUT2D eigenvalue weighted by atomic mass is 16.3. The zero-order chi connectivity index (χ0) is 14.2. The summed E-state index contributed by atoms with van der Waals surface area (Å²) >= 11 is 0. The maximum absolute atomic E-state index is 12.1. The predicted molar refractivity (Wildman–Crippen MR) is 71.7 cm³/mol. The second-order valence-electron chi connectivity index (χ2n) is 5.26. The summed E-state index contributed by atoms with van der Waals surface area (Å²) < 4.78 is 0. The molecular formula is C14H18N2O3. The van der Waals surface area contributed by atoms with Gasteiger partial charge in [0.15, 0.2) is 0 Å². The Morgan fingerprint density at radius 3 is 2.74 bits per heavy atom. The average Bonchev–Trinajstić information content (AvgIpc) is 2.62. The van der Waals surface area contributed by atoms with Crippen LogP contribution in [0.4, 0.5) is 5.69 Å². The van der Waals surface area contributed by atoms with E-state index in [1.807, 2.05) is 19.2 Å². The molecule has 1 aromatic rings. The Morgan fingerprint density at radius 1 is 1.47 bits per heavy atom. The molecule has 0 radical (unpaired) electrons. The molecule has 102 valence electrons. The number of amides is 2. The van der Waals surface area contributed by atoms with Gasteiger partial charge in [-0.3, -0.25) is 9.59 Å². The molecule has 0 fully saturated rings. The van der Waals surface area contributed by atoms with Crippen molar-refractivity contribution in [3.05, 3.63) is 29.3 Å². The Labute approximate surface area is 112 Å². The minimum atomic E-state index is -1.55. The molecule has 5 heteroatoms. The third-order valence-electron chi connectivity index (χ3n) is 3.08. The van der Waals surface area contributed by atoms with Gasteiger partial charge in [0, 0.05) is 6.54 Å². The number of nitrogens with zero attached hydrogens (tertiary/aromatic N) is 1. The smallest absolute Gasteiger partial charge is 0.265 e. The van der Waals surface area contributed by atoms with Crippen molar-refractivity contribution in [2.24, 2.45) is 0 Å². The fraction of sp³-hybridized carbons (Fsp3) is 0.429. The Morgan fingerprint density at radius 2 is 2.16 bits per heavy atom. The van der Waals surface area contributed by atoms with E-state index in [1.54, 1.807) is 6.07 Å². The predicted octanol–water partition coefficient (Wildman–Crippen LogP) is 0.593. The fourth-order valence-electron chi connectivity index (χ4n) is 2.19. The molecule has 1 aliphatic rings. The molecule has 1 heterocycles. The van der Waals surface area contributed by atoms with Crippen molar-refractivity contribution in [3.63, 3.8) is 0 Å². The molecule has 2 N–H and O–H groups in total. The van der Waals surface area contributed by atoms with E-state index in [-0.39, 0.29) is 12.3 Å². The lowest BCUT2D eigenvalue weighted by atomic mass is 10.1. The monoisotopic (exact) mass is 262 g/mol. The highest BCUT2D eigenvalue weighted by Gasteiger charge is 2.39. The third kappa shape index (κ3) is 2.52. The van der Waals surface area contributed by atoms with Crippen LogP contribution in [-0.4, -0.2) is 29.6 Å². The lowest BCUT2D eigenvalue weighted by Gasteiger charge is -2.23. The summed E-state index contributed by atoms with van der Waals surface area (Å²) in [5, 5.41) is 12.8. The van der Waals surface area contributed by atoms with Crippen molar-refractivity contribution in [1.82, 2.24) is 5.32 Å². The van der Waals surface area contributed by atoms with Gasteiger partial charge in [0.05, 0.1) is 12.1 Å². The van der Waals surface area contributed by atoms with Crippen molar-refractivity contribution in [3.8, 4) is 0 Å².